The SMILES string of the molecule is CCNC(=NCCc1csc(CC)n1)NCCc1ccc(S(C)(=O)=O)cc1.I. The quantitative estimate of drug-likeness (QED) is 0.293. The summed E-state index contributed by atoms with van der Waals surface area (Å²) in [6, 6.07) is 7.02. The lowest BCUT2D eigenvalue weighted by molar-refractivity contribution is 0.602. The molecular formula is C19H29IN4O2S2. The van der Waals surface area contributed by atoms with Gasteiger partial charge in [0.15, 0.2) is 15.8 Å². The summed E-state index contributed by atoms with van der Waals surface area (Å²) < 4.78 is 23.0. The minimum atomic E-state index is -3.14. The monoisotopic (exact) mass is 536 g/mol. The predicted octanol–water partition coefficient (Wildman–Crippen LogP) is 3.07. The molecule has 0 radical (unpaired) electrons. The molecule has 1 aromatic heterocycles. The molecule has 0 aliphatic carbocycles. The number of sulfone groups is 1. The van der Waals surface area contributed by atoms with Gasteiger partial charge in [-0.3, -0.25) is 4.99 Å². The second-order valence-corrected chi connectivity index (χ2v) is 9.15. The molecule has 0 bridgehead atoms. The van der Waals surface area contributed by atoms with Crippen molar-refractivity contribution in [1.29, 1.82) is 0 Å². The van der Waals surface area contributed by atoms with Crippen molar-refractivity contribution in [2.75, 3.05) is 25.9 Å². The summed E-state index contributed by atoms with van der Waals surface area (Å²) in [5.74, 6) is 0.788. The van der Waals surface area contributed by atoms with E-state index in [2.05, 4.69) is 32.9 Å². The molecule has 0 aliphatic heterocycles. The number of benzene rings is 1. The maximum atomic E-state index is 11.5. The number of hydrogen-bond acceptors (Lipinski definition) is 5. The Morgan fingerprint density at radius 2 is 1.86 bits per heavy atom. The molecule has 28 heavy (non-hydrogen) atoms. The van der Waals surface area contributed by atoms with Crippen LogP contribution in [0.25, 0.3) is 0 Å². The standard InChI is InChI=1S/C19H28N4O2S2.HI/c1-4-18-23-16(14-26-18)11-13-22-19(20-5-2)21-12-10-15-6-8-17(9-7-15)27(3,24)25;/h6-9,14H,4-5,10-13H2,1-3H3,(H2,20,21,22);1H. The zero-order valence-electron chi connectivity index (χ0n) is 16.6. The fraction of sp³-hybridized carbons (Fsp3) is 0.474. The molecule has 1 heterocycles. The molecule has 9 heteroatoms. The molecule has 0 aliphatic rings. The average Bonchev–Trinajstić information content (AvgIpc) is 3.09. The average molecular weight is 537 g/mol. The van der Waals surface area contributed by atoms with Crippen LogP contribution in [0.4, 0.5) is 0 Å². The Hall–Kier alpha value is -1.20. The first-order valence-electron chi connectivity index (χ1n) is 9.16. The molecule has 1 aromatic carbocycles. The highest BCUT2D eigenvalue weighted by atomic mass is 127. The van der Waals surface area contributed by atoms with Crippen LogP contribution in [0.15, 0.2) is 39.5 Å². The highest BCUT2D eigenvalue weighted by Gasteiger charge is 2.06. The van der Waals surface area contributed by atoms with Crippen molar-refractivity contribution in [2.24, 2.45) is 4.99 Å². The Bertz CT molecular complexity index is 849. The third kappa shape index (κ3) is 8.44. The Balaban J connectivity index is 0.00000392. The van der Waals surface area contributed by atoms with Crippen LogP contribution in [0.5, 0.6) is 0 Å². The molecule has 0 amide bonds. The van der Waals surface area contributed by atoms with Crippen molar-refractivity contribution in [2.45, 2.75) is 38.0 Å². The van der Waals surface area contributed by atoms with Gasteiger partial charge in [-0.2, -0.15) is 0 Å². The number of aliphatic imine (C=N–C) groups is 1. The van der Waals surface area contributed by atoms with Gasteiger partial charge in [-0.05, 0) is 37.5 Å². The molecule has 156 valence electrons. The second kappa shape index (κ2) is 12.4. The van der Waals surface area contributed by atoms with Gasteiger partial charge in [0.05, 0.1) is 15.6 Å². The lowest BCUT2D eigenvalue weighted by atomic mass is 10.1. The van der Waals surface area contributed by atoms with E-state index in [-0.39, 0.29) is 24.0 Å². The van der Waals surface area contributed by atoms with Crippen LogP contribution in [0, 0.1) is 0 Å². The van der Waals surface area contributed by atoms with E-state index < -0.39 is 9.84 Å². The van der Waals surface area contributed by atoms with Crippen LogP contribution in [0.1, 0.15) is 30.1 Å². The van der Waals surface area contributed by atoms with Gasteiger partial charge in [-0.1, -0.05) is 19.1 Å². The minimum absolute atomic E-state index is 0. The van der Waals surface area contributed by atoms with E-state index in [1.165, 1.54) is 11.3 Å². The first-order valence-corrected chi connectivity index (χ1v) is 11.9. The van der Waals surface area contributed by atoms with E-state index in [0.717, 1.165) is 49.6 Å². The van der Waals surface area contributed by atoms with Crippen LogP contribution in [-0.2, 0) is 29.1 Å². The van der Waals surface area contributed by atoms with Gasteiger partial charge in [-0.25, -0.2) is 13.4 Å². The first-order chi connectivity index (χ1) is 12.9. The van der Waals surface area contributed by atoms with Gasteiger partial charge >= 0.3 is 0 Å². The molecule has 0 unspecified atom stereocenters. The lowest BCUT2D eigenvalue weighted by Gasteiger charge is -2.11. The third-order valence-electron chi connectivity index (χ3n) is 3.94. The summed E-state index contributed by atoms with van der Waals surface area (Å²) in [5.41, 5.74) is 2.18. The van der Waals surface area contributed by atoms with Crippen molar-refractivity contribution in [3.05, 3.63) is 45.9 Å². The molecular weight excluding hydrogens is 507 g/mol. The second-order valence-electron chi connectivity index (χ2n) is 6.19. The molecule has 0 saturated carbocycles. The molecule has 2 rings (SSSR count). The third-order valence-corrected chi connectivity index (χ3v) is 6.11. The smallest absolute Gasteiger partial charge is 0.191 e. The number of halogens is 1. The van der Waals surface area contributed by atoms with Gasteiger partial charge in [0.2, 0.25) is 0 Å². The first kappa shape index (κ1) is 24.8. The van der Waals surface area contributed by atoms with Crippen molar-refractivity contribution in [3.8, 4) is 0 Å². The number of nitrogens with one attached hydrogen (secondary N) is 2. The number of rotatable bonds is 9. The normalized spacial score (nSPS) is 11.8. The number of guanidine groups is 1. The minimum Gasteiger partial charge on any atom is -0.357 e. The Morgan fingerprint density at radius 3 is 2.43 bits per heavy atom. The van der Waals surface area contributed by atoms with Crippen LogP contribution in [-0.4, -0.2) is 45.3 Å². The van der Waals surface area contributed by atoms with E-state index in [4.69, 9.17) is 0 Å². The van der Waals surface area contributed by atoms with E-state index in [0.29, 0.717) is 11.4 Å². The fourth-order valence-electron chi connectivity index (χ4n) is 2.48. The summed E-state index contributed by atoms with van der Waals surface area (Å²) in [6.45, 7) is 6.36. The van der Waals surface area contributed by atoms with E-state index in [1.54, 1.807) is 23.5 Å². The maximum Gasteiger partial charge on any atom is 0.191 e. The van der Waals surface area contributed by atoms with Crippen LogP contribution in [0.3, 0.4) is 0 Å². The van der Waals surface area contributed by atoms with Crippen LogP contribution >= 0.6 is 35.3 Å². The number of aromatic nitrogens is 1. The van der Waals surface area contributed by atoms with Gasteiger partial charge in [0.25, 0.3) is 0 Å². The lowest BCUT2D eigenvalue weighted by Crippen LogP contribution is -2.38. The van der Waals surface area contributed by atoms with Crippen molar-refractivity contribution in [1.82, 2.24) is 15.6 Å². The fourth-order valence-corrected chi connectivity index (χ4v) is 3.89. The summed E-state index contributed by atoms with van der Waals surface area (Å²) in [5, 5.41) is 9.84. The van der Waals surface area contributed by atoms with E-state index in [9.17, 15) is 8.42 Å². The van der Waals surface area contributed by atoms with Gasteiger partial charge in [0.1, 0.15) is 0 Å². The summed E-state index contributed by atoms with van der Waals surface area (Å²) >= 11 is 1.70. The van der Waals surface area contributed by atoms with Crippen LogP contribution < -0.4 is 10.6 Å². The molecule has 2 aromatic rings. The summed E-state index contributed by atoms with van der Waals surface area (Å²) in [4.78, 5) is 9.51. The van der Waals surface area contributed by atoms with E-state index in [1.807, 2.05) is 19.1 Å². The molecule has 0 spiro atoms. The summed E-state index contributed by atoms with van der Waals surface area (Å²) in [6.07, 6.45) is 3.82. The van der Waals surface area contributed by atoms with Gasteiger partial charge in [0, 0.05) is 37.7 Å². The molecule has 0 atom stereocenters. The van der Waals surface area contributed by atoms with Gasteiger partial charge < -0.3 is 10.6 Å². The maximum absolute atomic E-state index is 11.5. The Labute approximate surface area is 189 Å². The topological polar surface area (TPSA) is 83.4 Å². The largest absolute Gasteiger partial charge is 0.357 e. The Kier molecular flexibility index (Phi) is 11.0. The van der Waals surface area contributed by atoms with Crippen molar-refractivity contribution in [3.63, 3.8) is 0 Å². The highest BCUT2D eigenvalue weighted by Crippen LogP contribution is 2.11. The molecule has 0 fully saturated rings. The highest BCUT2D eigenvalue weighted by molar-refractivity contribution is 14.0. The number of thiazole rings is 1. The van der Waals surface area contributed by atoms with Crippen LogP contribution in [0.2, 0.25) is 0 Å². The zero-order chi connectivity index (χ0) is 19.7. The van der Waals surface area contributed by atoms with E-state index >= 15 is 0 Å². The molecule has 0 saturated heterocycles. The zero-order valence-corrected chi connectivity index (χ0v) is 20.5. The number of hydrogen-bond donors (Lipinski definition) is 2. The Morgan fingerprint density at radius 1 is 1.14 bits per heavy atom. The molecule has 6 nitrogen and oxygen atoms in total. The van der Waals surface area contributed by atoms with Crippen molar-refractivity contribution >= 4 is 51.1 Å². The van der Waals surface area contributed by atoms with Gasteiger partial charge in [-0.15, -0.1) is 35.3 Å². The summed E-state index contributed by atoms with van der Waals surface area (Å²) in [7, 11) is -3.14. The number of nitrogens with zero attached hydrogens (tertiary/aromatic N) is 2. The molecule has 2 N–H and O–H groups in total. The predicted molar refractivity (Wildman–Crippen MR) is 128 cm³/mol. The van der Waals surface area contributed by atoms with Crippen molar-refractivity contribution < 1.29 is 8.42 Å². The number of aryl methyl sites for hydroxylation is 1.